The highest BCUT2D eigenvalue weighted by molar-refractivity contribution is 6.33. The molecule has 0 fully saturated rings. The summed E-state index contributed by atoms with van der Waals surface area (Å²) in [7, 11) is 1.73. The predicted octanol–water partition coefficient (Wildman–Crippen LogP) is 4.60. The van der Waals surface area contributed by atoms with Gasteiger partial charge < -0.3 is 20.9 Å². The van der Waals surface area contributed by atoms with Crippen LogP contribution >= 0.6 is 11.6 Å². The Hall–Kier alpha value is -3.32. The van der Waals surface area contributed by atoms with Crippen LogP contribution in [0.1, 0.15) is 24.2 Å². The Balaban J connectivity index is 1.52. The summed E-state index contributed by atoms with van der Waals surface area (Å²) in [5, 5.41) is 10.1. The molecule has 0 spiro atoms. The number of rotatable bonds is 7. The van der Waals surface area contributed by atoms with Crippen LogP contribution in [0, 0.1) is 0 Å². The lowest BCUT2D eigenvalue weighted by Crippen LogP contribution is -2.34. The summed E-state index contributed by atoms with van der Waals surface area (Å²) in [6.45, 7) is 4.75. The van der Waals surface area contributed by atoms with Crippen LogP contribution in [0.4, 0.5) is 16.3 Å². The number of halogens is 1. The van der Waals surface area contributed by atoms with Crippen LogP contribution in [0.15, 0.2) is 54.6 Å². The van der Waals surface area contributed by atoms with Crippen molar-refractivity contribution >= 4 is 45.9 Å². The van der Waals surface area contributed by atoms with Gasteiger partial charge in [-0.15, -0.1) is 0 Å². The molecule has 0 radical (unpaired) electrons. The fourth-order valence-corrected chi connectivity index (χ4v) is 3.05. The molecule has 0 aliphatic carbocycles. The van der Waals surface area contributed by atoms with Gasteiger partial charge in [0, 0.05) is 37.1 Å². The third-order valence-electron chi connectivity index (χ3n) is 4.87. The number of carbonyl (C=O) groups excluding carboxylic acids is 2. The van der Waals surface area contributed by atoms with Gasteiger partial charge in [-0.2, -0.15) is 0 Å². The van der Waals surface area contributed by atoms with Crippen LogP contribution < -0.4 is 16.0 Å². The Kier molecular flexibility index (Phi) is 7.31. The zero-order chi connectivity index (χ0) is 22.4. The van der Waals surface area contributed by atoms with E-state index in [9.17, 15) is 9.59 Å². The van der Waals surface area contributed by atoms with Crippen molar-refractivity contribution in [3.63, 3.8) is 0 Å². The minimum absolute atomic E-state index is 0.0625. The van der Waals surface area contributed by atoms with Gasteiger partial charge in [0.15, 0.2) is 0 Å². The number of pyridine rings is 1. The maximum Gasteiger partial charge on any atom is 0.319 e. The Morgan fingerprint density at radius 2 is 1.84 bits per heavy atom. The van der Waals surface area contributed by atoms with E-state index in [-0.39, 0.29) is 11.9 Å². The van der Waals surface area contributed by atoms with Crippen molar-refractivity contribution in [2.75, 3.05) is 30.8 Å². The van der Waals surface area contributed by atoms with Gasteiger partial charge in [-0.3, -0.25) is 4.79 Å². The lowest BCUT2D eigenvalue weighted by atomic mass is 10.1. The number of aromatic nitrogens is 1. The van der Waals surface area contributed by atoms with Gasteiger partial charge in [0.05, 0.1) is 16.2 Å². The second kappa shape index (κ2) is 10.1. The quantitative estimate of drug-likeness (QED) is 0.469. The Labute approximate surface area is 186 Å². The normalized spacial score (nSPS) is 10.7. The fraction of sp³-hybridized carbons (Fsp3) is 0.261. The number of para-hydroxylation sites is 1. The minimum Gasteiger partial charge on any atom is -0.368 e. The number of urea groups is 1. The first-order chi connectivity index (χ1) is 14.8. The number of hydrogen-bond acceptors (Lipinski definition) is 4. The van der Waals surface area contributed by atoms with Gasteiger partial charge in [0.2, 0.25) is 0 Å². The van der Waals surface area contributed by atoms with E-state index in [2.05, 4.69) is 20.9 Å². The van der Waals surface area contributed by atoms with E-state index in [0.717, 1.165) is 16.7 Å². The molecule has 3 rings (SSSR count). The molecule has 0 saturated carbocycles. The molecule has 1 heterocycles. The molecule has 0 aliphatic rings. The summed E-state index contributed by atoms with van der Waals surface area (Å²) in [5.74, 6) is 0.603. The second-order valence-corrected chi connectivity index (χ2v) is 7.81. The maximum atomic E-state index is 12.5. The number of fused-ring (bicyclic) bond motifs is 1. The van der Waals surface area contributed by atoms with Crippen LogP contribution in [0.3, 0.4) is 0 Å². The van der Waals surface area contributed by atoms with Gasteiger partial charge in [-0.05, 0) is 50.2 Å². The molecule has 1 aromatic heterocycles. The summed E-state index contributed by atoms with van der Waals surface area (Å²) in [4.78, 5) is 30.9. The number of anilines is 2. The van der Waals surface area contributed by atoms with Crippen LogP contribution in [0.25, 0.3) is 10.9 Å². The van der Waals surface area contributed by atoms with E-state index < -0.39 is 6.03 Å². The minimum atomic E-state index is -0.406. The molecule has 0 saturated heterocycles. The topological polar surface area (TPSA) is 86.4 Å². The summed E-state index contributed by atoms with van der Waals surface area (Å²) >= 11 is 6.19. The lowest BCUT2D eigenvalue weighted by molar-refractivity contribution is 0.0755. The standard InChI is InChI=1S/C23H26ClN5O2/c1-15(2)29(3)22(30)17-8-10-18(24)20(14-17)28-23(31)26-13-12-25-21-11-9-16-6-4-5-7-19(16)27-21/h4-11,14-15H,12-13H2,1-3H3,(H,25,27)(H2,26,28,31). The van der Waals surface area contributed by atoms with Gasteiger partial charge in [0.1, 0.15) is 5.82 Å². The van der Waals surface area contributed by atoms with E-state index in [1.165, 1.54) is 0 Å². The summed E-state index contributed by atoms with van der Waals surface area (Å²) in [6, 6.07) is 16.3. The molecule has 8 heteroatoms. The van der Waals surface area contributed by atoms with Gasteiger partial charge in [0.25, 0.3) is 5.91 Å². The van der Waals surface area contributed by atoms with Crippen molar-refractivity contribution < 1.29 is 9.59 Å². The molecule has 0 aliphatic heterocycles. The molecule has 162 valence electrons. The monoisotopic (exact) mass is 439 g/mol. The number of amides is 3. The molecule has 3 N–H and O–H groups in total. The summed E-state index contributed by atoms with van der Waals surface area (Å²) < 4.78 is 0. The molecule has 31 heavy (non-hydrogen) atoms. The average Bonchev–Trinajstić information content (AvgIpc) is 2.77. The van der Waals surface area contributed by atoms with Crippen molar-refractivity contribution in [3.8, 4) is 0 Å². The third kappa shape index (κ3) is 5.86. The number of carbonyl (C=O) groups is 2. The highest BCUT2D eigenvalue weighted by Crippen LogP contribution is 2.24. The summed E-state index contributed by atoms with van der Waals surface area (Å²) in [5.41, 5.74) is 1.75. The van der Waals surface area contributed by atoms with E-state index >= 15 is 0 Å². The van der Waals surface area contributed by atoms with E-state index in [0.29, 0.717) is 29.4 Å². The van der Waals surface area contributed by atoms with Crippen LogP contribution in [0.2, 0.25) is 5.02 Å². The first-order valence-corrected chi connectivity index (χ1v) is 10.4. The smallest absolute Gasteiger partial charge is 0.319 e. The third-order valence-corrected chi connectivity index (χ3v) is 5.20. The maximum absolute atomic E-state index is 12.5. The number of nitrogens with zero attached hydrogens (tertiary/aromatic N) is 2. The van der Waals surface area contributed by atoms with Crippen molar-refractivity contribution in [1.82, 2.24) is 15.2 Å². The highest BCUT2D eigenvalue weighted by Gasteiger charge is 2.16. The zero-order valence-corrected chi connectivity index (χ0v) is 18.5. The molecule has 0 bridgehead atoms. The van der Waals surface area contributed by atoms with Crippen molar-refractivity contribution in [2.45, 2.75) is 19.9 Å². The zero-order valence-electron chi connectivity index (χ0n) is 17.8. The first-order valence-electron chi connectivity index (χ1n) is 10.1. The molecule has 2 aromatic carbocycles. The first kappa shape index (κ1) is 22.4. The molecule has 3 amide bonds. The molecule has 3 aromatic rings. The van der Waals surface area contributed by atoms with Crippen molar-refractivity contribution in [1.29, 1.82) is 0 Å². The van der Waals surface area contributed by atoms with Crippen LogP contribution in [-0.4, -0.2) is 48.0 Å². The summed E-state index contributed by atoms with van der Waals surface area (Å²) in [6.07, 6.45) is 0. The largest absolute Gasteiger partial charge is 0.368 e. The van der Waals surface area contributed by atoms with Crippen molar-refractivity contribution in [3.05, 3.63) is 65.2 Å². The van der Waals surface area contributed by atoms with Gasteiger partial charge in [-0.1, -0.05) is 29.8 Å². The molecule has 0 unspecified atom stereocenters. The second-order valence-electron chi connectivity index (χ2n) is 7.40. The number of nitrogens with one attached hydrogen (secondary N) is 3. The van der Waals surface area contributed by atoms with Gasteiger partial charge >= 0.3 is 6.03 Å². The number of benzene rings is 2. The molecule has 7 nitrogen and oxygen atoms in total. The lowest BCUT2D eigenvalue weighted by Gasteiger charge is -2.22. The average molecular weight is 440 g/mol. The Bertz CT molecular complexity index is 1090. The molecule has 0 atom stereocenters. The van der Waals surface area contributed by atoms with Crippen molar-refractivity contribution in [2.24, 2.45) is 0 Å². The van der Waals surface area contributed by atoms with Gasteiger partial charge in [-0.25, -0.2) is 9.78 Å². The highest BCUT2D eigenvalue weighted by atomic mass is 35.5. The van der Waals surface area contributed by atoms with E-state index in [4.69, 9.17) is 11.6 Å². The van der Waals surface area contributed by atoms with E-state index in [1.807, 2.05) is 50.2 Å². The van der Waals surface area contributed by atoms with E-state index in [1.54, 1.807) is 30.1 Å². The Morgan fingerprint density at radius 3 is 2.61 bits per heavy atom. The SMILES string of the molecule is CC(C)N(C)C(=O)c1ccc(Cl)c(NC(=O)NCCNc2ccc3ccccc3n2)c1. The van der Waals surface area contributed by atoms with Crippen LogP contribution in [0.5, 0.6) is 0 Å². The number of hydrogen-bond donors (Lipinski definition) is 3. The fourth-order valence-electron chi connectivity index (χ4n) is 2.89. The molecular formula is C23H26ClN5O2. The Morgan fingerprint density at radius 1 is 1.06 bits per heavy atom. The predicted molar refractivity (Wildman–Crippen MR) is 126 cm³/mol. The molecular weight excluding hydrogens is 414 g/mol. The van der Waals surface area contributed by atoms with Crippen LogP contribution in [-0.2, 0) is 0 Å².